The third-order valence-electron chi connectivity index (χ3n) is 4.86. The molecule has 0 radical (unpaired) electrons. The Bertz CT molecular complexity index is 1200. The smallest absolute Gasteiger partial charge is 0.280 e. The third-order valence-corrected chi connectivity index (χ3v) is 4.86. The number of carbonyl (C=O) groups excluding carboxylic acids is 1. The summed E-state index contributed by atoms with van der Waals surface area (Å²) in [5, 5.41) is 10.9. The quantitative estimate of drug-likeness (QED) is 0.555. The van der Waals surface area contributed by atoms with E-state index in [1.54, 1.807) is 41.3 Å². The number of halogens is 2. The number of carbonyl (C=O) groups is 1. The summed E-state index contributed by atoms with van der Waals surface area (Å²) in [5.74, 6) is -0.285. The molecule has 29 heavy (non-hydrogen) atoms. The molecular weight excluding hydrogens is 378 g/mol. The van der Waals surface area contributed by atoms with Crippen molar-refractivity contribution in [2.45, 2.75) is 25.2 Å². The zero-order valence-electron chi connectivity index (χ0n) is 15.2. The van der Waals surface area contributed by atoms with Crippen molar-refractivity contribution in [3.63, 3.8) is 0 Å². The van der Waals surface area contributed by atoms with Gasteiger partial charge in [-0.05, 0) is 43.2 Å². The van der Waals surface area contributed by atoms with Gasteiger partial charge in [-0.3, -0.25) is 4.79 Å². The molecular formula is C20H16F2N6O. The number of fused-ring (bicyclic) bond motifs is 1. The highest BCUT2D eigenvalue weighted by Gasteiger charge is 2.29. The number of aromatic nitrogens is 5. The fourth-order valence-corrected chi connectivity index (χ4v) is 3.26. The molecule has 3 heterocycles. The van der Waals surface area contributed by atoms with Crippen LogP contribution in [0, 0.1) is 0 Å². The molecule has 9 heteroatoms. The van der Waals surface area contributed by atoms with Gasteiger partial charge in [-0.25, -0.2) is 23.0 Å². The first-order valence-electron chi connectivity index (χ1n) is 9.18. The van der Waals surface area contributed by atoms with E-state index in [1.807, 2.05) is 6.07 Å². The number of anilines is 1. The predicted molar refractivity (Wildman–Crippen MR) is 101 cm³/mol. The van der Waals surface area contributed by atoms with Crippen molar-refractivity contribution >= 4 is 17.2 Å². The van der Waals surface area contributed by atoms with Crippen LogP contribution in [0.2, 0.25) is 0 Å². The van der Waals surface area contributed by atoms with E-state index in [0.717, 1.165) is 23.0 Å². The molecule has 1 aliphatic carbocycles. The summed E-state index contributed by atoms with van der Waals surface area (Å²) in [7, 11) is 0. The van der Waals surface area contributed by atoms with Gasteiger partial charge in [0.15, 0.2) is 5.65 Å². The van der Waals surface area contributed by atoms with E-state index in [1.165, 1.54) is 12.3 Å². The largest absolute Gasteiger partial charge is 0.322 e. The van der Waals surface area contributed by atoms with E-state index in [0.29, 0.717) is 11.4 Å². The molecule has 1 saturated carbocycles. The number of rotatable bonds is 5. The number of amides is 1. The Morgan fingerprint density at radius 2 is 2.03 bits per heavy atom. The molecule has 0 unspecified atom stereocenters. The number of nitrogens with one attached hydrogen (secondary N) is 1. The number of hydrogen-bond donors (Lipinski definition) is 1. The Balaban J connectivity index is 1.49. The van der Waals surface area contributed by atoms with Gasteiger partial charge >= 0.3 is 0 Å². The highest BCUT2D eigenvalue weighted by atomic mass is 19.3. The molecule has 0 atom stereocenters. The molecule has 1 aliphatic rings. The Kier molecular flexibility index (Phi) is 4.08. The van der Waals surface area contributed by atoms with Crippen molar-refractivity contribution in [2.24, 2.45) is 0 Å². The van der Waals surface area contributed by atoms with Crippen LogP contribution in [-0.2, 0) is 0 Å². The normalized spacial score (nSPS) is 13.9. The van der Waals surface area contributed by atoms with Gasteiger partial charge in [0, 0.05) is 29.7 Å². The molecule has 7 nitrogen and oxygen atoms in total. The maximum Gasteiger partial charge on any atom is 0.280 e. The minimum absolute atomic E-state index is 0.144. The van der Waals surface area contributed by atoms with Gasteiger partial charge in [0.25, 0.3) is 12.3 Å². The maximum atomic E-state index is 13.5. The lowest BCUT2D eigenvalue weighted by molar-refractivity contribution is 0.102. The molecule has 0 aliphatic heterocycles. The minimum atomic E-state index is -2.71. The summed E-state index contributed by atoms with van der Waals surface area (Å²) in [5.41, 5.74) is 1.96. The standard InChI is InChI=1S/C20H16F2N6O/c21-18(22)17-10-16(12-5-6-12)26-19-15(11-24-28(17)19)20(29)25-13-3-1-4-14(9-13)27-8-2-7-23-27/h1-4,7-12,18H,5-6H2,(H,25,29). The van der Waals surface area contributed by atoms with Crippen LogP contribution in [0.1, 0.15) is 46.9 Å². The Morgan fingerprint density at radius 3 is 2.76 bits per heavy atom. The average Bonchev–Trinajstić information content (AvgIpc) is 3.25. The number of benzene rings is 1. The second-order valence-corrected chi connectivity index (χ2v) is 6.93. The van der Waals surface area contributed by atoms with Crippen LogP contribution < -0.4 is 5.32 Å². The second-order valence-electron chi connectivity index (χ2n) is 6.93. The maximum absolute atomic E-state index is 13.5. The van der Waals surface area contributed by atoms with Gasteiger partial charge in [0.2, 0.25) is 0 Å². The monoisotopic (exact) mass is 394 g/mol. The summed E-state index contributed by atoms with van der Waals surface area (Å²) < 4.78 is 29.7. The Morgan fingerprint density at radius 1 is 1.17 bits per heavy atom. The molecule has 4 aromatic rings. The van der Waals surface area contributed by atoms with Crippen molar-refractivity contribution < 1.29 is 13.6 Å². The van der Waals surface area contributed by atoms with Crippen LogP contribution in [-0.4, -0.2) is 30.3 Å². The molecule has 5 rings (SSSR count). The van der Waals surface area contributed by atoms with Crippen LogP contribution in [0.4, 0.5) is 14.5 Å². The molecule has 0 bridgehead atoms. The summed E-state index contributed by atoms with van der Waals surface area (Å²) in [6.45, 7) is 0. The van der Waals surface area contributed by atoms with E-state index in [2.05, 4.69) is 20.5 Å². The van der Waals surface area contributed by atoms with Crippen molar-refractivity contribution in [2.75, 3.05) is 5.32 Å². The molecule has 1 aromatic carbocycles. The van der Waals surface area contributed by atoms with Crippen LogP contribution in [0.3, 0.4) is 0 Å². The first kappa shape index (κ1) is 17.5. The lowest BCUT2D eigenvalue weighted by atomic mass is 10.2. The second kappa shape index (κ2) is 6.77. The van der Waals surface area contributed by atoms with E-state index in [4.69, 9.17) is 0 Å². The zero-order valence-corrected chi connectivity index (χ0v) is 15.2. The highest BCUT2D eigenvalue weighted by molar-refractivity contribution is 6.08. The molecule has 146 valence electrons. The molecule has 1 fully saturated rings. The summed E-state index contributed by atoms with van der Waals surface area (Å²) in [6, 6.07) is 10.3. The Labute approximate surface area is 164 Å². The Hall–Kier alpha value is -3.62. The average molecular weight is 394 g/mol. The number of alkyl halides is 2. The van der Waals surface area contributed by atoms with Gasteiger partial charge < -0.3 is 5.32 Å². The van der Waals surface area contributed by atoms with Gasteiger partial charge in [-0.2, -0.15) is 10.2 Å². The van der Waals surface area contributed by atoms with Crippen molar-refractivity contribution in [3.8, 4) is 5.69 Å². The minimum Gasteiger partial charge on any atom is -0.322 e. The van der Waals surface area contributed by atoms with E-state index in [-0.39, 0.29) is 22.8 Å². The van der Waals surface area contributed by atoms with E-state index >= 15 is 0 Å². The highest BCUT2D eigenvalue weighted by Crippen LogP contribution is 2.40. The topological polar surface area (TPSA) is 77.1 Å². The predicted octanol–water partition coefficient (Wildman–Crippen LogP) is 3.98. The number of nitrogens with zero attached hydrogens (tertiary/aromatic N) is 5. The first-order valence-corrected chi connectivity index (χ1v) is 9.18. The van der Waals surface area contributed by atoms with Gasteiger partial charge in [0.1, 0.15) is 11.3 Å². The van der Waals surface area contributed by atoms with Crippen LogP contribution >= 0.6 is 0 Å². The third kappa shape index (κ3) is 3.24. The summed E-state index contributed by atoms with van der Waals surface area (Å²) in [4.78, 5) is 17.3. The summed E-state index contributed by atoms with van der Waals surface area (Å²) >= 11 is 0. The van der Waals surface area contributed by atoms with Crippen molar-refractivity contribution in [1.29, 1.82) is 0 Å². The lowest BCUT2D eigenvalue weighted by Gasteiger charge is -2.09. The van der Waals surface area contributed by atoms with Gasteiger partial charge in [-0.1, -0.05) is 6.07 Å². The van der Waals surface area contributed by atoms with Crippen molar-refractivity contribution in [3.05, 3.63) is 71.9 Å². The van der Waals surface area contributed by atoms with Crippen LogP contribution in [0.15, 0.2) is 55.0 Å². The van der Waals surface area contributed by atoms with Gasteiger partial charge in [0.05, 0.1) is 11.9 Å². The molecule has 0 spiro atoms. The fraction of sp³-hybridized carbons (Fsp3) is 0.200. The first-order chi connectivity index (χ1) is 14.1. The van der Waals surface area contributed by atoms with Crippen LogP contribution in [0.5, 0.6) is 0 Å². The van der Waals surface area contributed by atoms with Gasteiger partial charge in [-0.15, -0.1) is 0 Å². The lowest BCUT2D eigenvalue weighted by Crippen LogP contribution is -2.13. The molecule has 1 amide bonds. The SMILES string of the molecule is O=C(Nc1cccc(-n2cccn2)c1)c1cnn2c(C(F)F)cc(C3CC3)nc12. The zero-order chi connectivity index (χ0) is 20.0. The fourth-order valence-electron chi connectivity index (χ4n) is 3.26. The van der Waals surface area contributed by atoms with E-state index in [9.17, 15) is 13.6 Å². The number of hydrogen-bond acceptors (Lipinski definition) is 4. The molecule has 0 saturated heterocycles. The van der Waals surface area contributed by atoms with Crippen LogP contribution in [0.25, 0.3) is 11.3 Å². The molecule has 3 aromatic heterocycles. The van der Waals surface area contributed by atoms with Crippen molar-refractivity contribution in [1.82, 2.24) is 24.4 Å². The molecule has 1 N–H and O–H groups in total. The summed E-state index contributed by atoms with van der Waals surface area (Å²) in [6.07, 6.45) is 3.86. The van der Waals surface area contributed by atoms with E-state index < -0.39 is 12.3 Å².